The predicted molar refractivity (Wildman–Crippen MR) is 86.0 cm³/mol. The second kappa shape index (κ2) is 5.59. The Balaban J connectivity index is 1.61. The molecule has 132 valence electrons. The third kappa shape index (κ3) is 2.83. The molecule has 1 aromatic heterocycles. The van der Waals surface area contributed by atoms with Crippen molar-refractivity contribution in [2.45, 2.75) is 69.8 Å². The molecule has 0 amide bonds. The van der Waals surface area contributed by atoms with Crippen LogP contribution in [-0.2, 0) is 23.7 Å². The van der Waals surface area contributed by atoms with Gasteiger partial charge in [0.25, 0.3) is 0 Å². The maximum absolute atomic E-state index is 11.0. The Morgan fingerprint density at radius 2 is 1.79 bits per heavy atom. The van der Waals surface area contributed by atoms with Gasteiger partial charge in [-0.3, -0.25) is 4.79 Å². The van der Waals surface area contributed by atoms with E-state index in [1.807, 2.05) is 33.8 Å². The van der Waals surface area contributed by atoms with Gasteiger partial charge in [0.1, 0.15) is 30.5 Å². The minimum Gasteiger partial charge on any atom is -0.361 e. The van der Waals surface area contributed by atoms with Crippen molar-refractivity contribution in [1.29, 1.82) is 0 Å². The lowest BCUT2D eigenvalue weighted by atomic mass is 10.0. The highest BCUT2D eigenvalue weighted by atomic mass is 32.1. The smallest absolute Gasteiger partial charge is 0.164 e. The standard InChI is InChI=1S/C17H22O6S/c1-16(2)19-8-10(21-16)12-14-15(23-17(3,4)22-14)13(20-12)11-6-5-9(7-18)24-11/h5-7,10,12-15H,8H2,1-4H3/t10-,12-,13-,14+,15-/m1/s1. The third-order valence-corrected chi connectivity index (χ3v) is 5.60. The van der Waals surface area contributed by atoms with Crippen LogP contribution in [-0.4, -0.2) is 48.9 Å². The Morgan fingerprint density at radius 3 is 2.42 bits per heavy atom. The van der Waals surface area contributed by atoms with Crippen LogP contribution in [0.4, 0.5) is 0 Å². The van der Waals surface area contributed by atoms with Gasteiger partial charge < -0.3 is 23.7 Å². The quantitative estimate of drug-likeness (QED) is 0.778. The Labute approximate surface area is 145 Å². The Morgan fingerprint density at radius 1 is 1.04 bits per heavy atom. The number of aldehydes is 1. The molecule has 5 atom stereocenters. The number of thiophene rings is 1. The number of carbonyl (C=O) groups excluding carboxylic acids is 1. The minimum absolute atomic E-state index is 0.208. The van der Waals surface area contributed by atoms with Crippen LogP contribution in [0.25, 0.3) is 0 Å². The number of carbonyl (C=O) groups is 1. The van der Waals surface area contributed by atoms with E-state index in [0.717, 1.165) is 11.2 Å². The highest BCUT2D eigenvalue weighted by Crippen LogP contribution is 2.48. The van der Waals surface area contributed by atoms with Crippen molar-refractivity contribution < 1.29 is 28.5 Å². The van der Waals surface area contributed by atoms with Gasteiger partial charge in [0.15, 0.2) is 17.9 Å². The van der Waals surface area contributed by atoms with Crippen molar-refractivity contribution in [3.05, 3.63) is 21.9 Å². The van der Waals surface area contributed by atoms with Gasteiger partial charge in [-0.05, 0) is 39.8 Å². The molecule has 0 saturated carbocycles. The van der Waals surface area contributed by atoms with E-state index in [4.69, 9.17) is 23.7 Å². The van der Waals surface area contributed by atoms with Gasteiger partial charge in [-0.1, -0.05) is 0 Å². The molecule has 3 aliphatic rings. The topological polar surface area (TPSA) is 63.2 Å². The Kier molecular flexibility index (Phi) is 3.87. The Hall–Kier alpha value is -0.830. The second-order valence-corrected chi connectivity index (χ2v) is 8.46. The first kappa shape index (κ1) is 16.6. The van der Waals surface area contributed by atoms with E-state index < -0.39 is 11.6 Å². The molecule has 0 bridgehead atoms. The summed E-state index contributed by atoms with van der Waals surface area (Å²) in [6.45, 7) is 8.05. The summed E-state index contributed by atoms with van der Waals surface area (Å²) < 4.78 is 30.2. The summed E-state index contributed by atoms with van der Waals surface area (Å²) in [5, 5.41) is 0. The lowest BCUT2D eigenvalue weighted by molar-refractivity contribution is -0.207. The molecule has 3 fully saturated rings. The SMILES string of the molecule is CC1(C)O[C@@H]2[C@H](O1)[C@@H](c1ccc(C=O)s1)O[C@@H]2[C@H]1COC(C)(C)O1. The molecule has 7 heteroatoms. The van der Waals surface area contributed by atoms with Crippen LogP contribution in [0.5, 0.6) is 0 Å². The summed E-state index contributed by atoms with van der Waals surface area (Å²) in [6, 6.07) is 3.72. The second-order valence-electron chi connectivity index (χ2n) is 7.31. The minimum atomic E-state index is -0.671. The van der Waals surface area contributed by atoms with Gasteiger partial charge in [-0.25, -0.2) is 0 Å². The van der Waals surface area contributed by atoms with Crippen molar-refractivity contribution in [2.75, 3.05) is 6.61 Å². The first-order valence-electron chi connectivity index (χ1n) is 8.16. The fraction of sp³-hybridized carbons (Fsp3) is 0.706. The summed E-state index contributed by atoms with van der Waals surface area (Å²) in [4.78, 5) is 12.6. The summed E-state index contributed by atoms with van der Waals surface area (Å²) >= 11 is 1.42. The summed E-state index contributed by atoms with van der Waals surface area (Å²) in [5.41, 5.74) is 0. The fourth-order valence-corrected chi connectivity index (χ4v) is 4.52. The largest absolute Gasteiger partial charge is 0.361 e. The van der Waals surface area contributed by atoms with Crippen LogP contribution in [0.1, 0.15) is 48.3 Å². The van der Waals surface area contributed by atoms with E-state index in [-0.39, 0.29) is 30.5 Å². The summed E-state index contributed by atoms with van der Waals surface area (Å²) in [7, 11) is 0. The highest BCUT2D eigenvalue weighted by molar-refractivity contribution is 7.13. The molecule has 4 heterocycles. The average Bonchev–Trinajstić information content (AvgIpc) is 3.21. The van der Waals surface area contributed by atoms with Crippen molar-refractivity contribution in [3.63, 3.8) is 0 Å². The van der Waals surface area contributed by atoms with Crippen LogP contribution in [0.2, 0.25) is 0 Å². The van der Waals surface area contributed by atoms with Gasteiger partial charge in [0.2, 0.25) is 0 Å². The van der Waals surface area contributed by atoms with Gasteiger partial charge in [-0.15, -0.1) is 11.3 Å². The molecule has 1 aromatic rings. The number of hydrogen-bond acceptors (Lipinski definition) is 7. The monoisotopic (exact) mass is 354 g/mol. The third-order valence-electron chi connectivity index (χ3n) is 4.53. The first-order chi connectivity index (χ1) is 11.3. The van der Waals surface area contributed by atoms with E-state index >= 15 is 0 Å². The zero-order chi connectivity index (χ0) is 17.1. The van der Waals surface area contributed by atoms with Gasteiger partial charge in [0.05, 0.1) is 11.5 Å². The zero-order valence-electron chi connectivity index (χ0n) is 14.2. The fourth-order valence-electron chi connectivity index (χ4n) is 3.62. The molecule has 0 N–H and O–H groups in total. The lowest BCUT2D eigenvalue weighted by Gasteiger charge is -2.26. The van der Waals surface area contributed by atoms with E-state index in [1.54, 1.807) is 6.07 Å². The van der Waals surface area contributed by atoms with Crippen molar-refractivity contribution in [3.8, 4) is 0 Å². The first-order valence-corrected chi connectivity index (χ1v) is 8.97. The van der Waals surface area contributed by atoms with E-state index in [9.17, 15) is 4.79 Å². The van der Waals surface area contributed by atoms with Gasteiger partial charge in [-0.2, -0.15) is 0 Å². The van der Waals surface area contributed by atoms with Crippen LogP contribution < -0.4 is 0 Å². The normalized spacial score (nSPS) is 39.9. The average molecular weight is 354 g/mol. The van der Waals surface area contributed by atoms with Crippen molar-refractivity contribution in [2.24, 2.45) is 0 Å². The number of rotatable bonds is 3. The number of fused-ring (bicyclic) bond motifs is 1. The van der Waals surface area contributed by atoms with Gasteiger partial charge in [0, 0.05) is 4.88 Å². The maximum atomic E-state index is 11.0. The summed E-state index contributed by atoms with van der Waals surface area (Å²) in [5.74, 6) is -1.29. The molecule has 24 heavy (non-hydrogen) atoms. The molecule has 3 aliphatic heterocycles. The molecular formula is C17H22O6S. The van der Waals surface area contributed by atoms with E-state index in [2.05, 4.69) is 0 Å². The summed E-state index contributed by atoms with van der Waals surface area (Å²) in [6.07, 6.45) is -0.354. The van der Waals surface area contributed by atoms with Crippen molar-refractivity contribution in [1.82, 2.24) is 0 Å². The molecule has 4 rings (SSSR count). The van der Waals surface area contributed by atoms with Crippen LogP contribution >= 0.6 is 11.3 Å². The predicted octanol–water partition coefficient (Wildman–Crippen LogP) is 2.67. The maximum Gasteiger partial charge on any atom is 0.164 e. The van der Waals surface area contributed by atoms with Gasteiger partial charge >= 0.3 is 0 Å². The molecule has 0 aliphatic carbocycles. The van der Waals surface area contributed by atoms with E-state index in [0.29, 0.717) is 11.5 Å². The molecule has 0 aromatic carbocycles. The molecule has 0 radical (unpaired) electrons. The molecule has 6 nitrogen and oxygen atoms in total. The highest BCUT2D eigenvalue weighted by Gasteiger charge is 2.59. The molecule has 3 saturated heterocycles. The lowest BCUT2D eigenvalue weighted by Crippen LogP contribution is -2.40. The molecule has 0 unspecified atom stereocenters. The Bertz CT molecular complexity index is 639. The van der Waals surface area contributed by atoms with E-state index in [1.165, 1.54) is 11.3 Å². The van der Waals surface area contributed by atoms with Crippen LogP contribution in [0, 0.1) is 0 Å². The number of hydrogen-bond donors (Lipinski definition) is 0. The number of ether oxygens (including phenoxy) is 5. The molecular weight excluding hydrogens is 332 g/mol. The molecule has 0 spiro atoms. The van der Waals surface area contributed by atoms with Crippen molar-refractivity contribution >= 4 is 17.6 Å². The van der Waals surface area contributed by atoms with Crippen LogP contribution in [0.3, 0.4) is 0 Å². The van der Waals surface area contributed by atoms with Crippen LogP contribution in [0.15, 0.2) is 12.1 Å². The zero-order valence-corrected chi connectivity index (χ0v) is 15.0.